The first-order valence-electron chi connectivity index (χ1n) is 1.95. The largest absolute Gasteiger partial charge is 0.358 e. The molecule has 0 atom stereocenters. The van der Waals surface area contributed by atoms with Crippen LogP contribution in [0.3, 0.4) is 0 Å². The van der Waals surface area contributed by atoms with E-state index >= 15 is 0 Å². The Morgan fingerprint density at radius 3 is 2.78 bits per heavy atom. The van der Waals surface area contributed by atoms with E-state index in [0.717, 1.165) is 11.3 Å². The molecule has 48 valence electrons. The summed E-state index contributed by atoms with van der Waals surface area (Å²) in [5, 5.41) is 10.1. The van der Waals surface area contributed by atoms with E-state index in [2.05, 4.69) is 20.9 Å². The van der Waals surface area contributed by atoms with Crippen molar-refractivity contribution in [2.24, 2.45) is 0 Å². The van der Waals surface area contributed by atoms with Crippen LogP contribution in [0.25, 0.3) is 0 Å². The molecule has 0 N–H and O–H groups in total. The average Bonchev–Trinajstić information content (AvgIpc) is 2.13. The van der Waals surface area contributed by atoms with Gasteiger partial charge in [-0.3, -0.25) is 10.1 Å². The van der Waals surface area contributed by atoms with Gasteiger partial charge in [0.1, 0.15) is 0 Å². The van der Waals surface area contributed by atoms with E-state index in [4.69, 9.17) is 0 Å². The van der Waals surface area contributed by atoms with Gasteiger partial charge in [-0.1, -0.05) is 0 Å². The van der Waals surface area contributed by atoms with Gasteiger partial charge in [0.2, 0.25) is 0 Å². The Labute approximate surface area is 62.8 Å². The van der Waals surface area contributed by atoms with E-state index in [0.29, 0.717) is 4.60 Å². The van der Waals surface area contributed by atoms with Gasteiger partial charge in [0.25, 0.3) is 0 Å². The molecule has 1 aromatic rings. The molecule has 0 aromatic carbocycles. The molecule has 0 aliphatic carbocycles. The average molecular weight is 209 g/mol. The second kappa shape index (κ2) is 2.40. The molecule has 0 aliphatic rings. The number of thiazole rings is 1. The van der Waals surface area contributed by atoms with Crippen LogP contribution in [0, 0.1) is 10.1 Å². The Bertz CT molecular complexity index is 235. The summed E-state index contributed by atoms with van der Waals surface area (Å²) in [5.41, 5.74) is 1.42. The van der Waals surface area contributed by atoms with Crippen LogP contribution in [-0.2, 0) is 0 Å². The fourth-order valence-electron chi connectivity index (χ4n) is 0.345. The standard InChI is InChI=1S/C3HBrN2O2S/c4-2-3(6(7)8)9-1-5-2/h1H. The molecule has 9 heavy (non-hydrogen) atoms. The summed E-state index contributed by atoms with van der Waals surface area (Å²) in [5.74, 6) is 0. The lowest BCUT2D eigenvalue weighted by Gasteiger charge is -1.80. The van der Waals surface area contributed by atoms with Crippen LogP contribution in [0.2, 0.25) is 0 Å². The number of halogens is 1. The van der Waals surface area contributed by atoms with Crippen LogP contribution in [0.15, 0.2) is 10.1 Å². The molecule has 0 unspecified atom stereocenters. The van der Waals surface area contributed by atoms with Crippen LogP contribution in [0.5, 0.6) is 0 Å². The highest BCUT2D eigenvalue weighted by Crippen LogP contribution is 2.26. The number of hydrogen-bond acceptors (Lipinski definition) is 4. The molecular formula is C3HBrN2O2S. The van der Waals surface area contributed by atoms with Crippen LogP contribution in [0.1, 0.15) is 0 Å². The van der Waals surface area contributed by atoms with E-state index in [-0.39, 0.29) is 5.00 Å². The lowest BCUT2D eigenvalue weighted by Crippen LogP contribution is -1.83. The summed E-state index contributed by atoms with van der Waals surface area (Å²) in [6.45, 7) is 0. The first-order valence-corrected chi connectivity index (χ1v) is 3.62. The summed E-state index contributed by atoms with van der Waals surface area (Å²) >= 11 is 3.93. The Balaban J connectivity index is 3.08. The van der Waals surface area contributed by atoms with E-state index < -0.39 is 4.92 Å². The number of aromatic nitrogens is 1. The van der Waals surface area contributed by atoms with Gasteiger partial charge in [0.05, 0.1) is 10.4 Å². The van der Waals surface area contributed by atoms with Crippen molar-refractivity contribution >= 4 is 32.3 Å². The highest BCUT2D eigenvalue weighted by Gasteiger charge is 2.13. The highest BCUT2D eigenvalue weighted by atomic mass is 79.9. The molecule has 0 radical (unpaired) electrons. The van der Waals surface area contributed by atoms with Crippen LogP contribution in [0.4, 0.5) is 5.00 Å². The SMILES string of the molecule is O=[N+]([O-])c1scnc1Br. The third kappa shape index (κ3) is 1.25. The van der Waals surface area contributed by atoms with E-state index in [1.54, 1.807) is 0 Å². The molecule has 0 aliphatic heterocycles. The van der Waals surface area contributed by atoms with Crippen molar-refractivity contribution in [3.05, 3.63) is 20.2 Å². The lowest BCUT2D eigenvalue weighted by molar-refractivity contribution is -0.381. The Hall–Kier alpha value is -0.490. The summed E-state index contributed by atoms with van der Waals surface area (Å²) < 4.78 is 0.303. The smallest absolute Gasteiger partial charge is 0.257 e. The van der Waals surface area contributed by atoms with Gasteiger partial charge in [0.15, 0.2) is 4.60 Å². The van der Waals surface area contributed by atoms with Crippen molar-refractivity contribution in [2.45, 2.75) is 0 Å². The maximum atomic E-state index is 10.0. The second-order valence-electron chi connectivity index (χ2n) is 1.21. The highest BCUT2D eigenvalue weighted by molar-refractivity contribution is 9.10. The van der Waals surface area contributed by atoms with Crippen molar-refractivity contribution in [1.29, 1.82) is 0 Å². The maximum Gasteiger partial charge on any atom is 0.358 e. The molecule has 0 saturated heterocycles. The van der Waals surface area contributed by atoms with E-state index in [1.807, 2.05) is 0 Å². The van der Waals surface area contributed by atoms with Gasteiger partial charge < -0.3 is 0 Å². The normalized spacial score (nSPS) is 9.44. The Morgan fingerprint density at radius 2 is 2.56 bits per heavy atom. The summed E-state index contributed by atoms with van der Waals surface area (Å²) in [7, 11) is 0. The zero-order valence-electron chi connectivity index (χ0n) is 4.07. The van der Waals surface area contributed by atoms with Crippen LogP contribution < -0.4 is 0 Å². The molecule has 4 nitrogen and oxygen atoms in total. The minimum Gasteiger partial charge on any atom is -0.257 e. The molecule has 6 heteroatoms. The lowest BCUT2D eigenvalue weighted by atomic mass is 10.9. The van der Waals surface area contributed by atoms with Crippen molar-refractivity contribution in [3.8, 4) is 0 Å². The Kier molecular flexibility index (Phi) is 1.77. The molecule has 0 bridgehead atoms. The molecule has 0 amide bonds. The van der Waals surface area contributed by atoms with E-state index in [9.17, 15) is 10.1 Å². The van der Waals surface area contributed by atoms with Crippen molar-refractivity contribution in [2.75, 3.05) is 0 Å². The first-order chi connectivity index (χ1) is 4.22. The fraction of sp³-hybridized carbons (Fsp3) is 0. The van der Waals surface area contributed by atoms with Gasteiger partial charge in [-0.2, -0.15) is 0 Å². The predicted molar refractivity (Wildman–Crippen MR) is 36.5 cm³/mol. The molecule has 0 spiro atoms. The van der Waals surface area contributed by atoms with Gasteiger partial charge in [-0.05, 0) is 27.3 Å². The fourth-order valence-corrected chi connectivity index (χ4v) is 1.50. The first kappa shape index (κ1) is 6.63. The Morgan fingerprint density at radius 1 is 1.89 bits per heavy atom. The molecule has 1 heterocycles. The zero-order chi connectivity index (χ0) is 6.85. The summed E-state index contributed by atoms with van der Waals surface area (Å²) in [6, 6.07) is 0. The topological polar surface area (TPSA) is 56.0 Å². The number of nitro groups is 1. The number of rotatable bonds is 1. The third-order valence-corrected chi connectivity index (χ3v) is 2.29. The second-order valence-corrected chi connectivity index (χ2v) is 2.79. The van der Waals surface area contributed by atoms with Crippen molar-refractivity contribution < 1.29 is 4.92 Å². The van der Waals surface area contributed by atoms with Crippen molar-refractivity contribution in [1.82, 2.24) is 4.98 Å². The molecule has 0 fully saturated rings. The van der Waals surface area contributed by atoms with Gasteiger partial charge >= 0.3 is 5.00 Å². The quantitative estimate of drug-likeness (QED) is 0.523. The summed E-state index contributed by atoms with van der Waals surface area (Å²) in [6.07, 6.45) is 0. The zero-order valence-corrected chi connectivity index (χ0v) is 6.48. The van der Waals surface area contributed by atoms with Gasteiger partial charge in [-0.25, -0.2) is 4.98 Å². The van der Waals surface area contributed by atoms with Crippen LogP contribution in [-0.4, -0.2) is 9.91 Å². The number of hydrogen-bond donors (Lipinski definition) is 0. The minimum atomic E-state index is -0.470. The molecule has 0 saturated carbocycles. The minimum absolute atomic E-state index is 0.0509. The summed E-state index contributed by atoms with van der Waals surface area (Å²) in [4.78, 5) is 13.2. The third-order valence-electron chi connectivity index (χ3n) is 0.673. The molecule has 1 rings (SSSR count). The molecular weight excluding hydrogens is 208 g/mol. The van der Waals surface area contributed by atoms with Gasteiger partial charge in [-0.15, -0.1) is 0 Å². The predicted octanol–water partition coefficient (Wildman–Crippen LogP) is 1.81. The molecule has 1 aromatic heterocycles. The van der Waals surface area contributed by atoms with Crippen LogP contribution >= 0.6 is 27.3 Å². The van der Waals surface area contributed by atoms with Gasteiger partial charge in [0, 0.05) is 0 Å². The van der Waals surface area contributed by atoms with E-state index in [1.165, 1.54) is 5.51 Å². The maximum absolute atomic E-state index is 10.0. The monoisotopic (exact) mass is 208 g/mol. The number of nitrogens with zero attached hydrogens (tertiary/aromatic N) is 2. The van der Waals surface area contributed by atoms with Crippen molar-refractivity contribution in [3.63, 3.8) is 0 Å².